The van der Waals surface area contributed by atoms with Crippen LogP contribution in [0.2, 0.25) is 0 Å². The minimum atomic E-state index is -0.892. The molecule has 0 atom stereocenters. The molecule has 0 aliphatic heterocycles. The molecule has 0 saturated heterocycles. The molecule has 4 N–H and O–H groups in total. The Balaban J connectivity index is 2.20. The largest absolute Gasteiger partial charge is 0.347 e. The van der Waals surface area contributed by atoms with Gasteiger partial charge < -0.3 is 10.7 Å². The van der Waals surface area contributed by atoms with Gasteiger partial charge in [0, 0.05) is 11.1 Å². The molecule has 1 aromatic rings. The second kappa shape index (κ2) is 4.77. The molecule has 0 bridgehead atoms. The number of rotatable bonds is 4. The lowest BCUT2D eigenvalue weighted by molar-refractivity contribution is 0.0902. The summed E-state index contributed by atoms with van der Waals surface area (Å²) in [7, 11) is 0. The number of carbonyl (C=O) groups excluding carboxylic acids is 1. The van der Waals surface area contributed by atoms with Gasteiger partial charge in [0.15, 0.2) is 11.6 Å². The number of anilines is 1. The van der Waals surface area contributed by atoms with E-state index < -0.39 is 23.2 Å². The molecule has 0 radical (unpaired) electrons. The molecule has 6 heteroatoms. The van der Waals surface area contributed by atoms with E-state index in [1.807, 2.05) is 19.3 Å². The van der Waals surface area contributed by atoms with Gasteiger partial charge >= 0.3 is 0 Å². The molecular weight excluding hydrogens is 252 g/mol. The van der Waals surface area contributed by atoms with Crippen LogP contribution in [0.3, 0.4) is 0 Å². The molecule has 19 heavy (non-hydrogen) atoms. The summed E-state index contributed by atoms with van der Waals surface area (Å²) >= 11 is 0. The summed E-state index contributed by atoms with van der Waals surface area (Å²) in [6.45, 7) is 3.82. The Hall–Kier alpha value is -1.69. The van der Waals surface area contributed by atoms with Crippen LogP contribution in [-0.2, 0) is 0 Å². The van der Waals surface area contributed by atoms with Crippen molar-refractivity contribution < 1.29 is 13.6 Å². The van der Waals surface area contributed by atoms with Gasteiger partial charge in [-0.2, -0.15) is 0 Å². The average molecular weight is 269 g/mol. The SMILES string of the molecule is CC(C)(NC(=O)c1cc(F)c(NN)c(F)c1)C1CC1. The number of nitrogens with one attached hydrogen (secondary N) is 2. The monoisotopic (exact) mass is 269 g/mol. The zero-order chi connectivity index (χ0) is 14.2. The van der Waals surface area contributed by atoms with Crippen molar-refractivity contribution >= 4 is 11.6 Å². The highest BCUT2D eigenvalue weighted by Crippen LogP contribution is 2.39. The molecule has 1 saturated carbocycles. The molecular formula is C13H17F2N3O. The van der Waals surface area contributed by atoms with Gasteiger partial charge in [-0.05, 0) is 44.7 Å². The summed E-state index contributed by atoms with van der Waals surface area (Å²) in [5, 5.41) is 2.80. The van der Waals surface area contributed by atoms with Gasteiger partial charge in [-0.3, -0.25) is 10.6 Å². The fraction of sp³-hybridized carbons (Fsp3) is 0.462. The lowest BCUT2D eigenvalue weighted by atomic mass is 9.98. The summed E-state index contributed by atoms with van der Waals surface area (Å²) in [5.41, 5.74) is 1.06. The van der Waals surface area contributed by atoms with Gasteiger partial charge in [0.1, 0.15) is 5.69 Å². The maximum absolute atomic E-state index is 13.5. The first-order chi connectivity index (χ1) is 8.85. The van der Waals surface area contributed by atoms with Crippen molar-refractivity contribution in [1.29, 1.82) is 0 Å². The lowest BCUT2D eigenvalue weighted by Gasteiger charge is -2.26. The number of benzene rings is 1. The van der Waals surface area contributed by atoms with Crippen LogP contribution in [-0.4, -0.2) is 11.4 Å². The number of carbonyl (C=O) groups is 1. The summed E-state index contributed by atoms with van der Waals surface area (Å²) in [6.07, 6.45) is 2.12. The van der Waals surface area contributed by atoms with Crippen LogP contribution in [0.1, 0.15) is 37.0 Å². The second-order valence-electron chi connectivity index (χ2n) is 5.41. The first-order valence-corrected chi connectivity index (χ1v) is 6.13. The van der Waals surface area contributed by atoms with Crippen LogP contribution in [0.5, 0.6) is 0 Å². The molecule has 0 heterocycles. The fourth-order valence-electron chi connectivity index (χ4n) is 2.11. The quantitative estimate of drug-likeness (QED) is 0.579. The van der Waals surface area contributed by atoms with Crippen molar-refractivity contribution in [2.45, 2.75) is 32.2 Å². The zero-order valence-electron chi connectivity index (χ0n) is 10.9. The van der Waals surface area contributed by atoms with E-state index in [2.05, 4.69) is 5.32 Å². The third kappa shape index (κ3) is 2.84. The standard InChI is InChI=1S/C13H17F2N3O/c1-13(2,8-3-4-8)17-12(19)7-5-9(14)11(18-16)10(15)6-7/h5-6,8,18H,3-4,16H2,1-2H3,(H,17,19). The normalized spacial score (nSPS) is 15.2. The van der Waals surface area contributed by atoms with Gasteiger partial charge in [0.05, 0.1) is 0 Å². The van der Waals surface area contributed by atoms with Crippen LogP contribution in [0.15, 0.2) is 12.1 Å². The smallest absolute Gasteiger partial charge is 0.251 e. The van der Waals surface area contributed by atoms with Crippen molar-refractivity contribution in [3.63, 3.8) is 0 Å². The summed E-state index contributed by atoms with van der Waals surface area (Å²) in [6, 6.07) is 1.94. The second-order valence-corrected chi connectivity index (χ2v) is 5.41. The first kappa shape index (κ1) is 13.7. The summed E-state index contributed by atoms with van der Waals surface area (Å²) in [4.78, 5) is 12.0. The van der Waals surface area contributed by atoms with E-state index in [1.54, 1.807) is 0 Å². The topological polar surface area (TPSA) is 67.2 Å². The Morgan fingerprint density at radius 2 is 1.84 bits per heavy atom. The Kier molecular flexibility index (Phi) is 3.45. The van der Waals surface area contributed by atoms with E-state index in [4.69, 9.17) is 5.84 Å². The predicted molar refractivity (Wildman–Crippen MR) is 68.4 cm³/mol. The number of hydrogen-bond donors (Lipinski definition) is 3. The molecule has 104 valence electrons. The van der Waals surface area contributed by atoms with E-state index in [0.29, 0.717) is 5.92 Å². The minimum absolute atomic E-state index is 0.0530. The zero-order valence-corrected chi connectivity index (χ0v) is 10.9. The van der Waals surface area contributed by atoms with E-state index in [0.717, 1.165) is 25.0 Å². The Labute approximate surface area is 110 Å². The van der Waals surface area contributed by atoms with Crippen LogP contribution < -0.4 is 16.6 Å². The van der Waals surface area contributed by atoms with Gasteiger partial charge in [-0.15, -0.1) is 0 Å². The molecule has 1 aliphatic rings. The molecule has 1 fully saturated rings. The van der Waals surface area contributed by atoms with Crippen LogP contribution in [0, 0.1) is 17.6 Å². The van der Waals surface area contributed by atoms with Crippen LogP contribution in [0.4, 0.5) is 14.5 Å². The highest BCUT2D eigenvalue weighted by atomic mass is 19.1. The molecule has 1 aromatic carbocycles. The predicted octanol–water partition coefficient (Wildman–Crippen LogP) is 2.17. The Bertz CT molecular complexity index is 490. The molecule has 0 spiro atoms. The van der Waals surface area contributed by atoms with Gasteiger partial charge in [0.2, 0.25) is 0 Å². The van der Waals surface area contributed by atoms with Gasteiger partial charge in [-0.25, -0.2) is 8.78 Å². The van der Waals surface area contributed by atoms with Gasteiger partial charge in [0.25, 0.3) is 5.91 Å². The molecule has 4 nitrogen and oxygen atoms in total. The summed E-state index contributed by atoms with van der Waals surface area (Å²) in [5.74, 6) is 3.15. The first-order valence-electron chi connectivity index (χ1n) is 6.13. The minimum Gasteiger partial charge on any atom is -0.347 e. The molecule has 0 unspecified atom stereocenters. The number of amides is 1. The fourth-order valence-corrected chi connectivity index (χ4v) is 2.11. The van der Waals surface area contributed by atoms with E-state index in [9.17, 15) is 13.6 Å². The number of hydrogen-bond acceptors (Lipinski definition) is 3. The number of nitrogen functional groups attached to an aromatic ring is 1. The number of halogens is 2. The average Bonchev–Trinajstić information content (AvgIpc) is 3.11. The van der Waals surface area contributed by atoms with Crippen molar-refractivity contribution in [3.05, 3.63) is 29.3 Å². The Morgan fingerprint density at radius 1 is 1.32 bits per heavy atom. The van der Waals surface area contributed by atoms with Crippen molar-refractivity contribution in [1.82, 2.24) is 5.32 Å². The van der Waals surface area contributed by atoms with E-state index >= 15 is 0 Å². The van der Waals surface area contributed by atoms with E-state index in [1.165, 1.54) is 0 Å². The highest BCUT2D eigenvalue weighted by Gasteiger charge is 2.38. The number of nitrogens with two attached hydrogens (primary N) is 1. The van der Waals surface area contributed by atoms with Crippen molar-refractivity contribution in [2.24, 2.45) is 11.8 Å². The third-order valence-electron chi connectivity index (χ3n) is 3.48. The van der Waals surface area contributed by atoms with Crippen molar-refractivity contribution in [2.75, 3.05) is 5.43 Å². The lowest BCUT2D eigenvalue weighted by Crippen LogP contribution is -2.45. The maximum Gasteiger partial charge on any atom is 0.251 e. The van der Waals surface area contributed by atoms with Crippen LogP contribution >= 0.6 is 0 Å². The third-order valence-corrected chi connectivity index (χ3v) is 3.48. The molecule has 1 amide bonds. The van der Waals surface area contributed by atoms with Gasteiger partial charge in [-0.1, -0.05) is 0 Å². The van der Waals surface area contributed by atoms with E-state index in [-0.39, 0.29) is 11.1 Å². The molecule has 1 aliphatic carbocycles. The summed E-state index contributed by atoms with van der Waals surface area (Å²) < 4.78 is 27.0. The van der Waals surface area contributed by atoms with Crippen molar-refractivity contribution in [3.8, 4) is 0 Å². The van der Waals surface area contributed by atoms with Crippen LogP contribution in [0.25, 0.3) is 0 Å². The Morgan fingerprint density at radius 3 is 2.26 bits per heavy atom. The number of hydrazine groups is 1. The molecule has 2 rings (SSSR count). The highest BCUT2D eigenvalue weighted by molar-refractivity contribution is 5.95. The maximum atomic E-state index is 13.5. The molecule has 0 aromatic heterocycles.